The molecule has 1 amide bonds. The highest BCUT2D eigenvalue weighted by Gasteiger charge is 2.33. The van der Waals surface area contributed by atoms with Crippen LogP contribution in [0.15, 0.2) is 71.6 Å². The zero-order valence-corrected chi connectivity index (χ0v) is 19.3. The van der Waals surface area contributed by atoms with Gasteiger partial charge in [-0.1, -0.05) is 18.2 Å². The zero-order chi connectivity index (χ0) is 25.8. The van der Waals surface area contributed by atoms with Gasteiger partial charge in [-0.15, -0.1) is 0 Å². The van der Waals surface area contributed by atoms with Crippen molar-refractivity contribution in [2.24, 2.45) is 0 Å². The first-order chi connectivity index (χ1) is 16.5. The Morgan fingerprint density at radius 1 is 0.943 bits per heavy atom. The van der Waals surface area contributed by atoms with Crippen molar-refractivity contribution in [3.63, 3.8) is 0 Å². The Morgan fingerprint density at radius 3 is 2.26 bits per heavy atom. The maximum Gasteiger partial charge on any atom is 0.416 e. The number of rotatable bonds is 8. The van der Waals surface area contributed by atoms with Gasteiger partial charge in [0.15, 0.2) is 11.5 Å². The summed E-state index contributed by atoms with van der Waals surface area (Å²) < 4.78 is 91.6. The summed E-state index contributed by atoms with van der Waals surface area (Å²) in [4.78, 5) is 12.3. The lowest BCUT2D eigenvalue weighted by atomic mass is 10.2. The molecule has 0 aliphatic carbocycles. The number of para-hydroxylation sites is 1. The van der Waals surface area contributed by atoms with E-state index in [0.29, 0.717) is 10.4 Å². The van der Waals surface area contributed by atoms with Gasteiger partial charge in [-0.25, -0.2) is 12.8 Å². The summed E-state index contributed by atoms with van der Waals surface area (Å²) in [5.41, 5.74) is -1.75. The number of amides is 1. The van der Waals surface area contributed by atoms with Crippen LogP contribution in [0.4, 0.5) is 28.9 Å². The van der Waals surface area contributed by atoms with Crippen molar-refractivity contribution >= 4 is 27.3 Å². The Balaban J connectivity index is 2.07. The quantitative estimate of drug-likeness (QED) is 0.443. The number of anilines is 2. The normalized spacial score (nSPS) is 11.6. The average Bonchev–Trinajstić information content (AvgIpc) is 2.83. The summed E-state index contributed by atoms with van der Waals surface area (Å²) in [6.45, 7) is -0.938. The first-order valence-corrected chi connectivity index (χ1v) is 11.4. The molecule has 12 heteroatoms. The third-order valence-electron chi connectivity index (χ3n) is 4.84. The Bertz CT molecular complexity index is 1330. The molecule has 186 valence electrons. The van der Waals surface area contributed by atoms with Gasteiger partial charge in [-0.05, 0) is 42.5 Å². The molecule has 0 atom stereocenters. The van der Waals surface area contributed by atoms with Gasteiger partial charge in [0.05, 0.1) is 36.1 Å². The second kappa shape index (κ2) is 10.2. The van der Waals surface area contributed by atoms with E-state index in [1.54, 1.807) is 0 Å². The fraction of sp³-hybridized carbons (Fsp3) is 0.174. The highest BCUT2D eigenvalue weighted by atomic mass is 32.2. The van der Waals surface area contributed by atoms with Gasteiger partial charge in [0, 0.05) is 6.07 Å². The summed E-state index contributed by atoms with van der Waals surface area (Å²) in [5, 5.41) is 2.23. The van der Waals surface area contributed by atoms with Crippen LogP contribution < -0.4 is 19.1 Å². The first-order valence-electron chi connectivity index (χ1n) is 9.93. The van der Waals surface area contributed by atoms with Gasteiger partial charge in [-0.2, -0.15) is 13.2 Å². The molecular weight excluding hydrogens is 492 g/mol. The molecule has 1 N–H and O–H groups in total. The number of methoxy groups -OCH3 is 2. The predicted molar refractivity (Wildman–Crippen MR) is 121 cm³/mol. The molecule has 7 nitrogen and oxygen atoms in total. The van der Waals surface area contributed by atoms with Crippen LogP contribution in [0.1, 0.15) is 5.56 Å². The van der Waals surface area contributed by atoms with Gasteiger partial charge in [0.2, 0.25) is 5.91 Å². The summed E-state index contributed by atoms with van der Waals surface area (Å²) >= 11 is 0. The van der Waals surface area contributed by atoms with Crippen molar-refractivity contribution in [2.45, 2.75) is 11.1 Å². The van der Waals surface area contributed by atoms with E-state index in [1.165, 1.54) is 38.5 Å². The molecule has 0 fully saturated rings. The number of carbonyl (C=O) groups excluding carboxylic acids is 1. The number of hydrogen-bond acceptors (Lipinski definition) is 5. The lowest BCUT2D eigenvalue weighted by molar-refractivity contribution is -0.137. The van der Waals surface area contributed by atoms with Crippen LogP contribution >= 0.6 is 0 Å². The molecule has 3 aromatic carbocycles. The van der Waals surface area contributed by atoms with Crippen LogP contribution in [-0.2, 0) is 21.0 Å². The number of carbonyl (C=O) groups is 1. The van der Waals surface area contributed by atoms with E-state index in [1.807, 2.05) is 0 Å². The monoisotopic (exact) mass is 512 g/mol. The average molecular weight is 512 g/mol. The smallest absolute Gasteiger partial charge is 0.416 e. The summed E-state index contributed by atoms with van der Waals surface area (Å²) in [5.74, 6) is -1.48. The maximum absolute atomic E-state index is 14.0. The van der Waals surface area contributed by atoms with E-state index in [4.69, 9.17) is 9.47 Å². The fourth-order valence-corrected chi connectivity index (χ4v) is 4.57. The minimum absolute atomic E-state index is 0.0494. The third-order valence-corrected chi connectivity index (χ3v) is 6.61. The van der Waals surface area contributed by atoms with Crippen molar-refractivity contribution in [2.75, 3.05) is 30.4 Å². The third kappa shape index (κ3) is 5.83. The van der Waals surface area contributed by atoms with Gasteiger partial charge in [0.25, 0.3) is 10.0 Å². The van der Waals surface area contributed by atoms with Gasteiger partial charge < -0.3 is 14.8 Å². The highest BCUT2D eigenvalue weighted by molar-refractivity contribution is 7.92. The first kappa shape index (κ1) is 25.8. The van der Waals surface area contributed by atoms with E-state index in [2.05, 4.69) is 5.32 Å². The van der Waals surface area contributed by atoms with Crippen LogP contribution in [0, 0.1) is 5.82 Å². The SMILES string of the molecule is COc1ccc(S(=O)(=O)N(CC(=O)Nc2ccccc2F)c2cccc(C(F)(F)F)c2)cc1OC. The molecule has 3 aromatic rings. The maximum atomic E-state index is 14.0. The number of sulfonamides is 1. The van der Waals surface area contributed by atoms with E-state index in [0.717, 1.165) is 36.4 Å². The van der Waals surface area contributed by atoms with Crippen LogP contribution in [0.25, 0.3) is 0 Å². The van der Waals surface area contributed by atoms with Crippen molar-refractivity contribution in [1.82, 2.24) is 0 Å². The van der Waals surface area contributed by atoms with Crippen LogP contribution in [0.5, 0.6) is 11.5 Å². The highest BCUT2D eigenvalue weighted by Crippen LogP contribution is 2.35. The van der Waals surface area contributed by atoms with Crippen LogP contribution in [0.3, 0.4) is 0 Å². The number of nitrogens with zero attached hydrogens (tertiary/aromatic N) is 1. The number of hydrogen-bond donors (Lipinski definition) is 1. The summed E-state index contributed by atoms with van der Waals surface area (Å²) in [6, 6.07) is 12.3. The van der Waals surface area contributed by atoms with E-state index < -0.39 is 45.7 Å². The van der Waals surface area contributed by atoms with Crippen molar-refractivity contribution < 1.29 is 40.2 Å². The minimum atomic E-state index is -4.76. The molecule has 0 heterocycles. The Kier molecular flexibility index (Phi) is 7.54. The largest absolute Gasteiger partial charge is 0.493 e. The predicted octanol–water partition coefficient (Wildman–Crippen LogP) is 4.70. The van der Waals surface area contributed by atoms with E-state index in [-0.39, 0.29) is 22.1 Å². The summed E-state index contributed by atoms with van der Waals surface area (Å²) in [6.07, 6.45) is -4.76. The van der Waals surface area contributed by atoms with Gasteiger partial charge in [-0.3, -0.25) is 9.10 Å². The minimum Gasteiger partial charge on any atom is -0.493 e. The molecule has 0 aromatic heterocycles. The molecule has 0 saturated carbocycles. The van der Waals surface area contributed by atoms with E-state index in [9.17, 15) is 30.8 Å². The molecule has 0 radical (unpaired) electrons. The molecule has 3 rings (SSSR count). The fourth-order valence-electron chi connectivity index (χ4n) is 3.14. The van der Waals surface area contributed by atoms with Gasteiger partial charge in [0.1, 0.15) is 12.4 Å². The van der Waals surface area contributed by atoms with Crippen molar-refractivity contribution in [1.29, 1.82) is 0 Å². The Labute approximate surface area is 198 Å². The molecule has 0 unspecified atom stereocenters. The van der Waals surface area contributed by atoms with E-state index >= 15 is 0 Å². The second-order valence-electron chi connectivity index (χ2n) is 7.10. The second-order valence-corrected chi connectivity index (χ2v) is 8.97. The molecular formula is C23H20F4N2O5S. The standard InChI is InChI=1S/C23H20F4N2O5S/c1-33-20-11-10-17(13-21(20)34-2)35(31,32)29(16-7-5-6-15(12-16)23(25,26)27)14-22(30)28-19-9-4-3-8-18(19)24/h3-13H,14H2,1-2H3,(H,28,30). The number of alkyl halides is 3. The molecule has 0 saturated heterocycles. The lowest BCUT2D eigenvalue weighted by Gasteiger charge is -2.25. The lowest BCUT2D eigenvalue weighted by Crippen LogP contribution is -2.38. The topological polar surface area (TPSA) is 84.9 Å². The number of nitrogens with one attached hydrogen (secondary N) is 1. The zero-order valence-electron chi connectivity index (χ0n) is 18.5. The summed E-state index contributed by atoms with van der Waals surface area (Å²) in [7, 11) is -1.98. The molecule has 0 aliphatic rings. The Hall–Kier alpha value is -3.80. The van der Waals surface area contributed by atoms with Crippen LogP contribution in [0.2, 0.25) is 0 Å². The molecule has 0 bridgehead atoms. The van der Waals surface area contributed by atoms with Crippen LogP contribution in [-0.4, -0.2) is 35.1 Å². The molecule has 0 spiro atoms. The van der Waals surface area contributed by atoms with Crippen molar-refractivity contribution in [3.05, 3.63) is 78.1 Å². The number of ether oxygens (including phenoxy) is 2. The molecule has 0 aliphatic heterocycles. The number of halogens is 4. The number of benzene rings is 3. The molecule has 35 heavy (non-hydrogen) atoms. The van der Waals surface area contributed by atoms with Crippen molar-refractivity contribution in [3.8, 4) is 11.5 Å². The Morgan fingerprint density at radius 2 is 1.63 bits per heavy atom. The van der Waals surface area contributed by atoms with Gasteiger partial charge >= 0.3 is 6.18 Å².